The fourth-order valence-corrected chi connectivity index (χ4v) is 4.21. The molecule has 2 atom stereocenters. The number of likely N-dealkylation sites (N-methyl/N-ethyl adjacent to an activating group) is 1. The van der Waals surface area contributed by atoms with E-state index in [-0.39, 0.29) is 51.9 Å². The van der Waals surface area contributed by atoms with Gasteiger partial charge in [0.15, 0.2) is 5.43 Å². The van der Waals surface area contributed by atoms with E-state index < -0.39 is 5.43 Å². The van der Waals surface area contributed by atoms with Crippen LogP contribution in [0.25, 0.3) is 22.3 Å². The maximum Gasteiger partial charge on any atom is 0.197 e. The Kier molecular flexibility index (Phi) is 4.74. The zero-order valence-electron chi connectivity index (χ0n) is 15.1. The third-order valence-corrected chi connectivity index (χ3v) is 5.70. The number of aromatic hydroxyl groups is 2. The van der Waals surface area contributed by atoms with E-state index in [1.54, 1.807) is 12.1 Å². The Morgan fingerprint density at radius 2 is 2.11 bits per heavy atom. The fraction of sp³-hybridized carbons (Fsp3) is 0.300. The molecule has 1 fully saturated rings. The molecule has 28 heavy (non-hydrogen) atoms. The number of likely N-dealkylation sites (tertiary alicyclic amines) is 1. The first-order valence-electron chi connectivity index (χ1n) is 8.87. The summed E-state index contributed by atoms with van der Waals surface area (Å²) in [4.78, 5) is 18.8. The van der Waals surface area contributed by atoms with Gasteiger partial charge in [-0.25, -0.2) is 4.98 Å². The summed E-state index contributed by atoms with van der Waals surface area (Å²) in [5, 5.41) is 30.8. The lowest BCUT2D eigenvalue weighted by atomic mass is 9.89. The Hall–Kier alpha value is -2.61. The van der Waals surface area contributed by atoms with Gasteiger partial charge in [-0.1, -0.05) is 11.6 Å². The van der Waals surface area contributed by atoms with E-state index >= 15 is 0 Å². The molecule has 0 aliphatic carbocycles. The van der Waals surface area contributed by atoms with Crippen molar-refractivity contribution in [3.63, 3.8) is 0 Å². The fourth-order valence-electron chi connectivity index (χ4n) is 3.99. The first-order valence-corrected chi connectivity index (χ1v) is 9.24. The molecule has 0 bridgehead atoms. The Morgan fingerprint density at radius 1 is 1.32 bits per heavy atom. The number of phenols is 2. The first kappa shape index (κ1) is 18.7. The molecule has 8 heteroatoms. The van der Waals surface area contributed by atoms with E-state index in [0.717, 1.165) is 12.6 Å². The summed E-state index contributed by atoms with van der Waals surface area (Å²) >= 11 is 6.14. The Labute approximate surface area is 165 Å². The molecule has 3 N–H and O–H groups in total. The molecule has 1 saturated heterocycles. The molecule has 7 nitrogen and oxygen atoms in total. The molecule has 0 amide bonds. The van der Waals surface area contributed by atoms with Gasteiger partial charge in [0.25, 0.3) is 0 Å². The second-order valence-corrected chi connectivity index (χ2v) is 7.33. The third kappa shape index (κ3) is 2.92. The molecule has 146 valence electrons. The highest BCUT2D eigenvalue weighted by molar-refractivity contribution is 6.31. The summed E-state index contributed by atoms with van der Waals surface area (Å²) in [5.41, 5.74) is 0.467. The number of hydrogen-bond donors (Lipinski definition) is 3. The minimum absolute atomic E-state index is 0.0113. The molecule has 2 unspecified atom stereocenters. The number of aromatic nitrogens is 1. The monoisotopic (exact) mass is 402 g/mol. The molecular formula is C20H19ClN2O5. The van der Waals surface area contributed by atoms with Crippen molar-refractivity contribution in [1.29, 1.82) is 0 Å². The van der Waals surface area contributed by atoms with Gasteiger partial charge >= 0.3 is 0 Å². The lowest BCUT2D eigenvalue weighted by Gasteiger charge is -2.24. The molecule has 1 aliphatic rings. The van der Waals surface area contributed by atoms with Crippen LogP contribution in [0.2, 0.25) is 5.15 Å². The van der Waals surface area contributed by atoms with Gasteiger partial charge in [0.05, 0.1) is 12.2 Å². The van der Waals surface area contributed by atoms with Crippen LogP contribution >= 0.6 is 11.6 Å². The molecule has 1 aliphatic heterocycles. The number of rotatable bonds is 3. The van der Waals surface area contributed by atoms with E-state index in [0.29, 0.717) is 17.5 Å². The van der Waals surface area contributed by atoms with Crippen LogP contribution in [-0.4, -0.2) is 51.4 Å². The van der Waals surface area contributed by atoms with Gasteiger partial charge in [-0.3, -0.25) is 4.79 Å². The topological polar surface area (TPSA) is 107 Å². The van der Waals surface area contributed by atoms with Crippen LogP contribution in [0.15, 0.2) is 39.7 Å². The molecule has 0 spiro atoms. The second-order valence-electron chi connectivity index (χ2n) is 6.97. The van der Waals surface area contributed by atoms with Crippen molar-refractivity contribution in [2.75, 3.05) is 20.2 Å². The minimum atomic E-state index is -0.457. The Balaban J connectivity index is 2.03. The van der Waals surface area contributed by atoms with E-state index in [9.17, 15) is 20.1 Å². The number of phenolic OH excluding ortho intramolecular Hbond substituents is 2. The average molecular weight is 403 g/mol. The zero-order chi connectivity index (χ0) is 20.0. The number of fused-ring (bicyclic) bond motifs is 1. The van der Waals surface area contributed by atoms with Gasteiger partial charge in [-0.05, 0) is 32.1 Å². The predicted octanol–water partition coefficient (Wildman–Crippen LogP) is 2.70. The van der Waals surface area contributed by atoms with Crippen molar-refractivity contribution >= 4 is 22.6 Å². The van der Waals surface area contributed by atoms with E-state index in [1.165, 1.54) is 12.3 Å². The van der Waals surface area contributed by atoms with E-state index in [4.69, 9.17) is 16.0 Å². The normalized spacial score (nSPS) is 20.1. The van der Waals surface area contributed by atoms with Crippen molar-refractivity contribution in [1.82, 2.24) is 9.88 Å². The summed E-state index contributed by atoms with van der Waals surface area (Å²) in [7, 11) is 1.89. The van der Waals surface area contributed by atoms with Gasteiger partial charge in [-0.15, -0.1) is 0 Å². The number of nitrogens with zero attached hydrogens (tertiary/aromatic N) is 2. The molecule has 3 aromatic rings. The van der Waals surface area contributed by atoms with Crippen LogP contribution in [0.4, 0.5) is 0 Å². The number of aliphatic hydroxyl groups excluding tert-OH is 1. The standard InChI is InChI=1S/C20H19ClN2O5/c1-23-6-4-10(12(23)9-24)17-13(25)7-14(26)18-15(27)8-16(28-19(17)18)11-3-2-5-22-20(11)21/h2-3,5,7-8,10,12,24-26H,4,6,9H2,1H3. The molecular weight excluding hydrogens is 384 g/mol. The van der Waals surface area contributed by atoms with Crippen molar-refractivity contribution < 1.29 is 19.7 Å². The number of halogens is 1. The van der Waals surface area contributed by atoms with Crippen LogP contribution in [0.5, 0.6) is 11.5 Å². The third-order valence-electron chi connectivity index (χ3n) is 5.40. The first-order chi connectivity index (χ1) is 13.4. The summed E-state index contributed by atoms with van der Waals surface area (Å²) < 4.78 is 6.00. The largest absolute Gasteiger partial charge is 0.507 e. The number of pyridine rings is 1. The van der Waals surface area contributed by atoms with Crippen LogP contribution in [0, 0.1) is 0 Å². The molecule has 1 aromatic carbocycles. The van der Waals surface area contributed by atoms with Crippen molar-refractivity contribution in [3.8, 4) is 22.8 Å². The number of benzene rings is 1. The highest BCUT2D eigenvalue weighted by Crippen LogP contribution is 2.44. The minimum Gasteiger partial charge on any atom is -0.507 e. The summed E-state index contributed by atoms with van der Waals surface area (Å²) in [5.74, 6) is -0.614. The molecule has 3 heterocycles. The molecule has 2 aromatic heterocycles. The van der Waals surface area contributed by atoms with E-state index in [1.807, 2.05) is 11.9 Å². The zero-order valence-corrected chi connectivity index (χ0v) is 15.8. The molecule has 0 saturated carbocycles. The van der Waals surface area contributed by atoms with Crippen LogP contribution in [0.1, 0.15) is 17.9 Å². The van der Waals surface area contributed by atoms with Crippen LogP contribution in [0.3, 0.4) is 0 Å². The summed E-state index contributed by atoms with van der Waals surface area (Å²) in [6.07, 6.45) is 2.19. The lowest BCUT2D eigenvalue weighted by Crippen LogP contribution is -2.32. The molecule has 4 rings (SSSR count). The Bertz CT molecular complexity index is 1110. The van der Waals surface area contributed by atoms with Gasteiger partial charge in [0.1, 0.15) is 33.4 Å². The van der Waals surface area contributed by atoms with Crippen LogP contribution < -0.4 is 5.43 Å². The van der Waals surface area contributed by atoms with Gasteiger partial charge in [0.2, 0.25) is 0 Å². The van der Waals surface area contributed by atoms with Gasteiger partial charge in [-0.2, -0.15) is 0 Å². The second kappa shape index (κ2) is 7.09. The van der Waals surface area contributed by atoms with E-state index in [2.05, 4.69) is 4.98 Å². The maximum absolute atomic E-state index is 12.8. The summed E-state index contributed by atoms with van der Waals surface area (Å²) in [6, 6.07) is 5.49. The lowest BCUT2D eigenvalue weighted by molar-refractivity contribution is 0.172. The highest BCUT2D eigenvalue weighted by atomic mass is 35.5. The number of hydrogen-bond acceptors (Lipinski definition) is 7. The van der Waals surface area contributed by atoms with Gasteiger partial charge in [0, 0.05) is 35.9 Å². The van der Waals surface area contributed by atoms with Crippen LogP contribution in [-0.2, 0) is 0 Å². The summed E-state index contributed by atoms with van der Waals surface area (Å²) in [6.45, 7) is 0.609. The average Bonchev–Trinajstić information content (AvgIpc) is 3.01. The smallest absolute Gasteiger partial charge is 0.197 e. The van der Waals surface area contributed by atoms with Crippen molar-refractivity contribution in [3.05, 3.63) is 51.4 Å². The predicted molar refractivity (Wildman–Crippen MR) is 105 cm³/mol. The highest BCUT2D eigenvalue weighted by Gasteiger charge is 2.36. The SMILES string of the molecule is CN1CCC(c2c(O)cc(O)c3c(=O)cc(-c4cccnc4Cl)oc23)C1CO. The Morgan fingerprint density at radius 3 is 2.82 bits per heavy atom. The van der Waals surface area contributed by atoms with Crippen molar-refractivity contribution in [2.45, 2.75) is 18.4 Å². The van der Waals surface area contributed by atoms with Gasteiger partial charge < -0.3 is 24.6 Å². The quantitative estimate of drug-likeness (QED) is 0.578. The maximum atomic E-state index is 12.8. The number of aliphatic hydroxyl groups is 1. The van der Waals surface area contributed by atoms with Crippen molar-refractivity contribution in [2.24, 2.45) is 0 Å². The molecule has 0 radical (unpaired) electrons.